The molecule has 0 heterocycles. The highest BCUT2D eigenvalue weighted by atomic mass is 16.5. The van der Waals surface area contributed by atoms with Gasteiger partial charge in [-0.15, -0.1) is 0 Å². The number of para-hydroxylation sites is 2. The summed E-state index contributed by atoms with van der Waals surface area (Å²) in [5, 5.41) is 9.88. The summed E-state index contributed by atoms with van der Waals surface area (Å²) in [7, 11) is 2.00. The van der Waals surface area contributed by atoms with Gasteiger partial charge in [0.2, 0.25) is 0 Å². The fraction of sp³-hybridized carbons (Fsp3) is 0.571. The number of benzene rings is 1. The van der Waals surface area contributed by atoms with E-state index < -0.39 is 6.10 Å². The third kappa shape index (κ3) is 5.38. The summed E-state index contributed by atoms with van der Waals surface area (Å²) in [6.45, 7) is 6.14. The summed E-state index contributed by atoms with van der Waals surface area (Å²) in [6.07, 6.45) is -0.506. The maximum Gasteiger partial charge on any atom is 0.142 e. The Morgan fingerprint density at radius 3 is 2.56 bits per heavy atom. The van der Waals surface area contributed by atoms with Gasteiger partial charge in [-0.2, -0.15) is 0 Å². The summed E-state index contributed by atoms with van der Waals surface area (Å²) < 4.78 is 5.50. The molecule has 0 aromatic heterocycles. The number of nitrogens with zero attached hydrogens (tertiary/aromatic N) is 1. The highest BCUT2D eigenvalue weighted by Crippen LogP contribution is 2.19. The molecule has 0 aliphatic rings. The van der Waals surface area contributed by atoms with Crippen LogP contribution in [0.1, 0.15) is 13.8 Å². The Kier molecular flexibility index (Phi) is 5.95. The van der Waals surface area contributed by atoms with Gasteiger partial charge in [-0.25, -0.2) is 0 Å². The molecule has 0 saturated heterocycles. The van der Waals surface area contributed by atoms with Crippen molar-refractivity contribution in [2.45, 2.75) is 20.0 Å². The molecule has 1 aromatic rings. The molecule has 102 valence electrons. The molecule has 4 nitrogen and oxygen atoms in total. The standard InChI is InChI=1S/C14H24N2O2/c1-11(2)8-16(3)9-12(17)10-18-14-7-5-4-6-13(14)15/h4-7,11-12,17H,8-10,15H2,1-3H3. The van der Waals surface area contributed by atoms with Gasteiger partial charge in [0.15, 0.2) is 0 Å². The van der Waals surface area contributed by atoms with Crippen LogP contribution in [-0.2, 0) is 0 Å². The van der Waals surface area contributed by atoms with Gasteiger partial charge in [-0.05, 0) is 25.1 Å². The average Bonchev–Trinajstić information content (AvgIpc) is 2.26. The summed E-state index contributed by atoms with van der Waals surface area (Å²) in [5.74, 6) is 1.22. The van der Waals surface area contributed by atoms with E-state index in [1.807, 2.05) is 19.2 Å². The molecule has 4 heteroatoms. The monoisotopic (exact) mass is 252 g/mol. The maximum absolute atomic E-state index is 9.88. The van der Waals surface area contributed by atoms with Gasteiger partial charge < -0.3 is 20.5 Å². The van der Waals surface area contributed by atoms with Crippen LogP contribution in [0.15, 0.2) is 24.3 Å². The number of hydrogen-bond acceptors (Lipinski definition) is 4. The van der Waals surface area contributed by atoms with E-state index in [0.717, 1.165) is 6.54 Å². The van der Waals surface area contributed by atoms with Gasteiger partial charge in [0.1, 0.15) is 18.5 Å². The van der Waals surface area contributed by atoms with E-state index in [-0.39, 0.29) is 6.61 Å². The van der Waals surface area contributed by atoms with Crippen LogP contribution in [0.3, 0.4) is 0 Å². The molecule has 1 rings (SSSR count). The fourth-order valence-corrected chi connectivity index (χ4v) is 1.91. The number of nitrogen functional groups attached to an aromatic ring is 1. The molecule has 0 amide bonds. The van der Waals surface area contributed by atoms with Gasteiger partial charge in [-0.1, -0.05) is 26.0 Å². The molecule has 1 unspecified atom stereocenters. The van der Waals surface area contributed by atoms with Gasteiger partial charge >= 0.3 is 0 Å². The summed E-state index contributed by atoms with van der Waals surface area (Å²) in [4.78, 5) is 2.10. The molecule has 1 aromatic carbocycles. The van der Waals surface area contributed by atoms with E-state index in [1.165, 1.54) is 0 Å². The molecule has 3 N–H and O–H groups in total. The van der Waals surface area contributed by atoms with E-state index in [1.54, 1.807) is 12.1 Å². The predicted molar refractivity (Wildman–Crippen MR) is 74.7 cm³/mol. The lowest BCUT2D eigenvalue weighted by Crippen LogP contribution is -2.35. The van der Waals surface area contributed by atoms with Crippen molar-refractivity contribution < 1.29 is 9.84 Å². The van der Waals surface area contributed by atoms with Crippen molar-refractivity contribution in [3.8, 4) is 5.75 Å². The van der Waals surface area contributed by atoms with Crippen molar-refractivity contribution in [1.82, 2.24) is 4.90 Å². The van der Waals surface area contributed by atoms with Gasteiger partial charge in [0, 0.05) is 13.1 Å². The van der Waals surface area contributed by atoms with Crippen LogP contribution in [0.2, 0.25) is 0 Å². The van der Waals surface area contributed by atoms with Gasteiger partial charge in [0.05, 0.1) is 5.69 Å². The average molecular weight is 252 g/mol. The highest BCUT2D eigenvalue weighted by molar-refractivity contribution is 5.51. The SMILES string of the molecule is CC(C)CN(C)CC(O)COc1ccccc1N. The van der Waals surface area contributed by atoms with Crippen LogP contribution in [0.25, 0.3) is 0 Å². The van der Waals surface area contributed by atoms with Crippen LogP contribution in [-0.4, -0.2) is 42.9 Å². The molecule has 0 aliphatic heterocycles. The van der Waals surface area contributed by atoms with E-state index >= 15 is 0 Å². The Labute approximate surface area is 109 Å². The minimum atomic E-state index is -0.506. The van der Waals surface area contributed by atoms with Crippen LogP contribution < -0.4 is 10.5 Å². The van der Waals surface area contributed by atoms with E-state index in [9.17, 15) is 5.11 Å². The van der Waals surface area contributed by atoms with Gasteiger partial charge in [0.25, 0.3) is 0 Å². The zero-order valence-corrected chi connectivity index (χ0v) is 11.5. The Morgan fingerprint density at radius 2 is 1.94 bits per heavy atom. The Morgan fingerprint density at radius 1 is 1.28 bits per heavy atom. The van der Waals surface area contributed by atoms with Crippen LogP contribution in [0.5, 0.6) is 5.75 Å². The van der Waals surface area contributed by atoms with Crippen molar-refractivity contribution in [3.05, 3.63) is 24.3 Å². The normalized spacial score (nSPS) is 13.0. The third-order valence-electron chi connectivity index (χ3n) is 2.55. The summed E-state index contributed by atoms with van der Waals surface area (Å²) >= 11 is 0. The van der Waals surface area contributed by atoms with Crippen molar-refractivity contribution in [1.29, 1.82) is 0 Å². The Hall–Kier alpha value is -1.26. The topological polar surface area (TPSA) is 58.7 Å². The first-order valence-corrected chi connectivity index (χ1v) is 6.33. The molecule has 0 fully saturated rings. The molecule has 1 atom stereocenters. The second-order valence-electron chi connectivity index (χ2n) is 5.12. The van der Waals surface area contributed by atoms with Crippen molar-refractivity contribution in [2.24, 2.45) is 5.92 Å². The minimum Gasteiger partial charge on any atom is -0.489 e. The number of likely N-dealkylation sites (N-methyl/N-ethyl adjacent to an activating group) is 1. The summed E-state index contributed by atoms with van der Waals surface area (Å²) in [6, 6.07) is 7.31. The quantitative estimate of drug-likeness (QED) is 0.724. The Bertz CT molecular complexity index is 355. The van der Waals surface area contributed by atoms with E-state index in [2.05, 4.69) is 18.7 Å². The fourth-order valence-electron chi connectivity index (χ4n) is 1.91. The summed E-state index contributed by atoms with van der Waals surface area (Å²) in [5.41, 5.74) is 6.35. The van der Waals surface area contributed by atoms with E-state index in [4.69, 9.17) is 10.5 Å². The first-order valence-electron chi connectivity index (χ1n) is 6.33. The lowest BCUT2D eigenvalue weighted by atomic mass is 10.2. The number of rotatable bonds is 7. The molecular weight excluding hydrogens is 228 g/mol. The second kappa shape index (κ2) is 7.24. The van der Waals surface area contributed by atoms with Crippen LogP contribution >= 0.6 is 0 Å². The maximum atomic E-state index is 9.88. The molecule has 18 heavy (non-hydrogen) atoms. The third-order valence-corrected chi connectivity index (χ3v) is 2.55. The number of aliphatic hydroxyl groups is 1. The molecule has 0 aliphatic carbocycles. The minimum absolute atomic E-state index is 0.261. The van der Waals surface area contributed by atoms with E-state index in [0.29, 0.717) is 23.9 Å². The zero-order valence-electron chi connectivity index (χ0n) is 11.5. The number of anilines is 1. The van der Waals surface area contributed by atoms with Crippen molar-refractivity contribution >= 4 is 5.69 Å². The predicted octanol–water partition coefficient (Wildman–Crippen LogP) is 1.60. The number of aliphatic hydroxyl groups excluding tert-OH is 1. The van der Waals surface area contributed by atoms with Crippen molar-refractivity contribution in [3.63, 3.8) is 0 Å². The Balaban J connectivity index is 2.33. The molecule has 0 radical (unpaired) electrons. The number of hydrogen-bond donors (Lipinski definition) is 2. The molecule has 0 spiro atoms. The van der Waals surface area contributed by atoms with Crippen molar-refractivity contribution in [2.75, 3.05) is 32.5 Å². The molecular formula is C14H24N2O2. The number of nitrogens with two attached hydrogens (primary N) is 1. The molecule has 0 bridgehead atoms. The van der Waals surface area contributed by atoms with Crippen LogP contribution in [0, 0.1) is 5.92 Å². The lowest BCUT2D eigenvalue weighted by molar-refractivity contribution is 0.0735. The largest absolute Gasteiger partial charge is 0.489 e. The lowest BCUT2D eigenvalue weighted by Gasteiger charge is -2.22. The highest BCUT2D eigenvalue weighted by Gasteiger charge is 2.10. The van der Waals surface area contributed by atoms with Crippen LogP contribution in [0.4, 0.5) is 5.69 Å². The zero-order chi connectivity index (χ0) is 13.5. The second-order valence-corrected chi connectivity index (χ2v) is 5.12. The van der Waals surface area contributed by atoms with Gasteiger partial charge in [-0.3, -0.25) is 0 Å². The smallest absolute Gasteiger partial charge is 0.142 e. The first-order chi connectivity index (χ1) is 8.49. The number of ether oxygens (including phenoxy) is 1. The molecule has 0 saturated carbocycles. The first kappa shape index (κ1) is 14.8.